The molecular formula is C21H17FN6OS2. The largest absolute Gasteiger partial charge is 0.300 e. The first-order valence-electron chi connectivity index (χ1n) is 9.71. The SMILES string of the molecule is O=C(CSc1nnc(-c2ccccc2F)n1-c1ccccc1)Nc1nnc(C2CC2)s1. The lowest BCUT2D eigenvalue weighted by atomic mass is 10.2. The van der Waals surface area contributed by atoms with Crippen LogP contribution < -0.4 is 5.32 Å². The van der Waals surface area contributed by atoms with Gasteiger partial charge in [-0.3, -0.25) is 14.7 Å². The first-order valence-corrected chi connectivity index (χ1v) is 11.5. The number of aromatic nitrogens is 5. The Morgan fingerprint density at radius 1 is 1.06 bits per heavy atom. The van der Waals surface area contributed by atoms with Crippen LogP contribution in [0.25, 0.3) is 17.1 Å². The smallest absolute Gasteiger partial charge is 0.236 e. The maximum Gasteiger partial charge on any atom is 0.236 e. The molecule has 0 bridgehead atoms. The maximum absolute atomic E-state index is 14.4. The molecule has 4 aromatic rings. The predicted molar refractivity (Wildman–Crippen MR) is 118 cm³/mol. The summed E-state index contributed by atoms with van der Waals surface area (Å²) in [5.74, 6) is 0.396. The lowest BCUT2D eigenvalue weighted by Crippen LogP contribution is -2.14. The zero-order valence-corrected chi connectivity index (χ0v) is 17.9. The molecule has 1 fully saturated rings. The van der Waals surface area contributed by atoms with Crippen molar-refractivity contribution in [1.29, 1.82) is 0 Å². The summed E-state index contributed by atoms with van der Waals surface area (Å²) in [5, 5.41) is 21.4. The molecule has 2 heterocycles. The highest BCUT2D eigenvalue weighted by Gasteiger charge is 2.28. The normalized spacial score (nSPS) is 13.3. The second kappa shape index (κ2) is 8.56. The Morgan fingerprint density at radius 3 is 2.61 bits per heavy atom. The molecule has 156 valence electrons. The molecule has 2 aromatic heterocycles. The van der Waals surface area contributed by atoms with Crippen LogP contribution in [0.3, 0.4) is 0 Å². The number of para-hydroxylation sites is 1. The molecular weight excluding hydrogens is 435 g/mol. The van der Waals surface area contributed by atoms with E-state index in [0.717, 1.165) is 23.5 Å². The number of carbonyl (C=O) groups excluding carboxylic acids is 1. The van der Waals surface area contributed by atoms with E-state index in [1.54, 1.807) is 22.8 Å². The fourth-order valence-electron chi connectivity index (χ4n) is 3.06. The van der Waals surface area contributed by atoms with E-state index in [0.29, 0.717) is 27.6 Å². The molecule has 5 rings (SSSR count). The molecule has 1 aliphatic rings. The Morgan fingerprint density at radius 2 is 1.84 bits per heavy atom. The van der Waals surface area contributed by atoms with Crippen LogP contribution in [0.2, 0.25) is 0 Å². The summed E-state index contributed by atoms with van der Waals surface area (Å²) in [6.45, 7) is 0. The molecule has 31 heavy (non-hydrogen) atoms. The lowest BCUT2D eigenvalue weighted by molar-refractivity contribution is -0.113. The first kappa shape index (κ1) is 19.8. The maximum atomic E-state index is 14.4. The summed E-state index contributed by atoms with van der Waals surface area (Å²) in [7, 11) is 0. The number of hydrogen-bond acceptors (Lipinski definition) is 7. The lowest BCUT2D eigenvalue weighted by Gasteiger charge is -2.10. The van der Waals surface area contributed by atoms with Gasteiger partial charge in [-0.2, -0.15) is 0 Å². The van der Waals surface area contributed by atoms with Crippen molar-refractivity contribution in [3.05, 3.63) is 65.4 Å². The fourth-order valence-corrected chi connectivity index (χ4v) is 4.74. The fraction of sp³-hybridized carbons (Fsp3) is 0.190. The van der Waals surface area contributed by atoms with Crippen molar-refractivity contribution in [2.75, 3.05) is 11.1 Å². The number of hydrogen-bond donors (Lipinski definition) is 1. The molecule has 0 aliphatic heterocycles. The molecule has 1 amide bonds. The van der Waals surface area contributed by atoms with Crippen molar-refractivity contribution in [3.8, 4) is 17.1 Å². The number of nitrogens with zero attached hydrogens (tertiary/aromatic N) is 5. The van der Waals surface area contributed by atoms with Crippen molar-refractivity contribution in [2.45, 2.75) is 23.9 Å². The van der Waals surface area contributed by atoms with E-state index in [2.05, 4.69) is 25.7 Å². The highest BCUT2D eigenvalue weighted by atomic mass is 32.2. The Labute approximate surface area is 185 Å². The molecule has 0 atom stereocenters. The standard InChI is InChI=1S/C21H17FN6OS2/c22-16-9-5-4-8-15(16)18-24-27-21(28(18)14-6-2-1-3-7-14)30-12-17(29)23-20-26-25-19(31-20)13-10-11-13/h1-9,13H,10-12H2,(H,23,26,29). The summed E-state index contributed by atoms with van der Waals surface area (Å²) in [6.07, 6.45) is 2.27. The molecule has 0 spiro atoms. The van der Waals surface area contributed by atoms with Crippen LogP contribution in [0.5, 0.6) is 0 Å². The summed E-state index contributed by atoms with van der Waals surface area (Å²) in [6, 6.07) is 15.9. The topological polar surface area (TPSA) is 85.6 Å². The van der Waals surface area contributed by atoms with Crippen molar-refractivity contribution in [2.24, 2.45) is 0 Å². The third-order valence-electron chi connectivity index (χ3n) is 4.71. The number of thioether (sulfide) groups is 1. The van der Waals surface area contributed by atoms with E-state index >= 15 is 0 Å². The number of rotatable bonds is 7. The summed E-state index contributed by atoms with van der Waals surface area (Å²) in [5.41, 5.74) is 1.13. The van der Waals surface area contributed by atoms with Gasteiger partial charge in [0.05, 0.1) is 11.3 Å². The zero-order valence-electron chi connectivity index (χ0n) is 16.2. The monoisotopic (exact) mass is 452 g/mol. The number of anilines is 1. The third-order valence-corrected chi connectivity index (χ3v) is 6.64. The van der Waals surface area contributed by atoms with Gasteiger partial charge in [-0.1, -0.05) is 53.4 Å². The van der Waals surface area contributed by atoms with Crippen LogP contribution in [-0.4, -0.2) is 36.6 Å². The van der Waals surface area contributed by atoms with E-state index in [1.165, 1.54) is 29.2 Å². The molecule has 2 aromatic carbocycles. The molecule has 1 aliphatic carbocycles. The summed E-state index contributed by atoms with van der Waals surface area (Å²) < 4.78 is 16.2. The molecule has 0 saturated heterocycles. The van der Waals surface area contributed by atoms with Crippen LogP contribution in [0.1, 0.15) is 23.8 Å². The number of halogens is 1. The van der Waals surface area contributed by atoms with Crippen LogP contribution >= 0.6 is 23.1 Å². The molecule has 1 N–H and O–H groups in total. The zero-order chi connectivity index (χ0) is 21.2. The third kappa shape index (κ3) is 4.35. The van der Waals surface area contributed by atoms with Gasteiger partial charge in [-0.25, -0.2) is 4.39 Å². The van der Waals surface area contributed by atoms with Gasteiger partial charge < -0.3 is 0 Å². The molecule has 7 nitrogen and oxygen atoms in total. The van der Waals surface area contributed by atoms with Gasteiger partial charge in [-0.05, 0) is 37.1 Å². The minimum Gasteiger partial charge on any atom is -0.300 e. The second-order valence-electron chi connectivity index (χ2n) is 7.01. The van der Waals surface area contributed by atoms with E-state index in [9.17, 15) is 9.18 Å². The van der Waals surface area contributed by atoms with Gasteiger partial charge in [0.2, 0.25) is 11.0 Å². The number of benzene rings is 2. The van der Waals surface area contributed by atoms with Crippen LogP contribution in [0, 0.1) is 5.82 Å². The predicted octanol–water partition coefficient (Wildman–Crippen LogP) is 4.53. The Bertz CT molecular complexity index is 1220. The highest BCUT2D eigenvalue weighted by Crippen LogP contribution is 2.42. The van der Waals surface area contributed by atoms with Gasteiger partial charge in [0.15, 0.2) is 11.0 Å². The van der Waals surface area contributed by atoms with Crippen LogP contribution in [0.15, 0.2) is 59.8 Å². The van der Waals surface area contributed by atoms with Crippen molar-refractivity contribution >= 4 is 34.1 Å². The quantitative estimate of drug-likeness (QED) is 0.415. The Balaban J connectivity index is 1.37. The van der Waals surface area contributed by atoms with Gasteiger partial charge in [0.25, 0.3) is 0 Å². The van der Waals surface area contributed by atoms with Crippen molar-refractivity contribution < 1.29 is 9.18 Å². The molecule has 10 heteroatoms. The second-order valence-corrected chi connectivity index (χ2v) is 8.97. The highest BCUT2D eigenvalue weighted by molar-refractivity contribution is 7.99. The van der Waals surface area contributed by atoms with Gasteiger partial charge >= 0.3 is 0 Å². The number of amides is 1. The number of carbonyl (C=O) groups is 1. The molecule has 1 saturated carbocycles. The van der Waals surface area contributed by atoms with Gasteiger partial charge in [0, 0.05) is 11.6 Å². The van der Waals surface area contributed by atoms with Crippen LogP contribution in [0.4, 0.5) is 9.52 Å². The average molecular weight is 453 g/mol. The Hall–Kier alpha value is -3.11. The van der Waals surface area contributed by atoms with Gasteiger partial charge in [0.1, 0.15) is 10.8 Å². The van der Waals surface area contributed by atoms with Crippen molar-refractivity contribution in [3.63, 3.8) is 0 Å². The summed E-state index contributed by atoms with van der Waals surface area (Å²) in [4.78, 5) is 12.4. The average Bonchev–Trinajstić information content (AvgIpc) is 3.39. The van der Waals surface area contributed by atoms with E-state index in [1.807, 2.05) is 30.3 Å². The van der Waals surface area contributed by atoms with Crippen LogP contribution in [-0.2, 0) is 4.79 Å². The van der Waals surface area contributed by atoms with Gasteiger partial charge in [-0.15, -0.1) is 20.4 Å². The Kier molecular flexibility index (Phi) is 5.47. The number of nitrogens with one attached hydrogen (secondary N) is 1. The summed E-state index contributed by atoms with van der Waals surface area (Å²) >= 11 is 2.65. The first-order chi connectivity index (χ1) is 15.2. The van der Waals surface area contributed by atoms with E-state index in [-0.39, 0.29) is 17.5 Å². The van der Waals surface area contributed by atoms with E-state index in [4.69, 9.17) is 0 Å². The molecule has 0 radical (unpaired) electrons. The minimum atomic E-state index is -0.385. The van der Waals surface area contributed by atoms with E-state index < -0.39 is 0 Å². The minimum absolute atomic E-state index is 0.112. The van der Waals surface area contributed by atoms with Crippen molar-refractivity contribution in [1.82, 2.24) is 25.0 Å². The molecule has 0 unspecified atom stereocenters.